The predicted molar refractivity (Wildman–Crippen MR) is 78.0 cm³/mol. The van der Waals surface area contributed by atoms with Gasteiger partial charge in [0, 0.05) is 12.0 Å². The van der Waals surface area contributed by atoms with Crippen LogP contribution in [0.5, 0.6) is 0 Å². The van der Waals surface area contributed by atoms with Gasteiger partial charge in [-0.1, -0.05) is 25.9 Å². The summed E-state index contributed by atoms with van der Waals surface area (Å²) in [6, 6.07) is -0.839. The van der Waals surface area contributed by atoms with Gasteiger partial charge in [-0.2, -0.15) is 0 Å². The molecule has 6 heteroatoms. The molecule has 1 aromatic heterocycles. The Balaban J connectivity index is 2.66. The standard InChI is InChI=1S/C15H24N2O4/c1-8(2)6-12(15(19)20)16-13(18)7-9(3)14-10(4)17-21-11(14)5/h8-9,12H,6-7H2,1-5H3,(H,16,18)(H,19,20)/t9?,12-/m0/s1. The summed E-state index contributed by atoms with van der Waals surface area (Å²) in [6.45, 7) is 9.40. The maximum Gasteiger partial charge on any atom is 0.326 e. The molecule has 0 radical (unpaired) electrons. The first kappa shape index (κ1) is 17.2. The lowest BCUT2D eigenvalue weighted by atomic mass is 9.95. The number of hydrogen-bond acceptors (Lipinski definition) is 4. The highest BCUT2D eigenvalue weighted by Gasteiger charge is 2.24. The van der Waals surface area contributed by atoms with Crippen LogP contribution < -0.4 is 5.32 Å². The molecule has 0 aromatic carbocycles. The SMILES string of the molecule is Cc1noc(C)c1C(C)CC(=O)N[C@@H](CC(C)C)C(=O)O. The molecule has 0 bridgehead atoms. The summed E-state index contributed by atoms with van der Waals surface area (Å²) in [5.74, 6) is -0.432. The number of rotatable bonds is 7. The molecular formula is C15H24N2O4. The molecule has 1 amide bonds. The molecule has 0 fully saturated rings. The number of carboxylic acid groups (broad SMARTS) is 1. The largest absolute Gasteiger partial charge is 0.480 e. The zero-order valence-electron chi connectivity index (χ0n) is 13.3. The smallest absolute Gasteiger partial charge is 0.326 e. The first-order valence-electron chi connectivity index (χ1n) is 7.17. The number of aryl methyl sites for hydroxylation is 2. The van der Waals surface area contributed by atoms with Crippen LogP contribution in [0, 0.1) is 19.8 Å². The highest BCUT2D eigenvalue weighted by molar-refractivity contribution is 5.83. The Labute approximate surface area is 124 Å². The van der Waals surface area contributed by atoms with Gasteiger partial charge in [-0.25, -0.2) is 4.79 Å². The first-order chi connectivity index (χ1) is 9.72. The van der Waals surface area contributed by atoms with Gasteiger partial charge in [-0.05, 0) is 32.1 Å². The molecule has 1 aromatic rings. The third-order valence-electron chi connectivity index (χ3n) is 3.41. The Hall–Kier alpha value is -1.85. The van der Waals surface area contributed by atoms with Crippen molar-refractivity contribution >= 4 is 11.9 Å². The van der Waals surface area contributed by atoms with Crippen molar-refractivity contribution in [2.75, 3.05) is 0 Å². The van der Waals surface area contributed by atoms with Crippen molar-refractivity contribution < 1.29 is 19.2 Å². The van der Waals surface area contributed by atoms with Crippen molar-refractivity contribution in [3.63, 3.8) is 0 Å². The second-order valence-electron chi connectivity index (χ2n) is 5.93. The monoisotopic (exact) mass is 296 g/mol. The van der Waals surface area contributed by atoms with Crippen molar-refractivity contribution in [3.05, 3.63) is 17.0 Å². The summed E-state index contributed by atoms with van der Waals surface area (Å²) in [5.41, 5.74) is 1.69. The zero-order valence-corrected chi connectivity index (χ0v) is 13.3. The van der Waals surface area contributed by atoms with Crippen molar-refractivity contribution in [1.82, 2.24) is 10.5 Å². The van der Waals surface area contributed by atoms with Crippen LogP contribution in [0.3, 0.4) is 0 Å². The van der Waals surface area contributed by atoms with Gasteiger partial charge in [0.2, 0.25) is 5.91 Å². The van der Waals surface area contributed by atoms with E-state index in [0.29, 0.717) is 12.2 Å². The van der Waals surface area contributed by atoms with Crippen molar-refractivity contribution in [2.24, 2.45) is 5.92 Å². The third-order valence-corrected chi connectivity index (χ3v) is 3.41. The van der Waals surface area contributed by atoms with Crippen LogP contribution in [0.2, 0.25) is 0 Å². The number of amides is 1. The van der Waals surface area contributed by atoms with E-state index in [9.17, 15) is 9.59 Å². The van der Waals surface area contributed by atoms with Crippen LogP contribution in [-0.4, -0.2) is 28.2 Å². The van der Waals surface area contributed by atoms with Gasteiger partial charge >= 0.3 is 5.97 Å². The molecule has 1 unspecified atom stereocenters. The van der Waals surface area contributed by atoms with E-state index < -0.39 is 12.0 Å². The fourth-order valence-electron chi connectivity index (χ4n) is 2.52. The van der Waals surface area contributed by atoms with Gasteiger partial charge in [0.1, 0.15) is 11.8 Å². The molecule has 0 aliphatic heterocycles. The molecule has 1 heterocycles. The highest BCUT2D eigenvalue weighted by Crippen LogP contribution is 2.25. The minimum atomic E-state index is -0.998. The minimum absolute atomic E-state index is 0.0651. The maximum atomic E-state index is 12.0. The second-order valence-corrected chi connectivity index (χ2v) is 5.93. The number of nitrogens with one attached hydrogen (secondary N) is 1. The fourth-order valence-corrected chi connectivity index (χ4v) is 2.52. The molecular weight excluding hydrogens is 272 g/mol. The molecule has 0 spiro atoms. The second kappa shape index (κ2) is 7.24. The van der Waals surface area contributed by atoms with E-state index in [4.69, 9.17) is 9.63 Å². The van der Waals surface area contributed by atoms with E-state index in [-0.39, 0.29) is 24.2 Å². The molecule has 118 valence electrons. The normalized spacial score (nSPS) is 14.0. The van der Waals surface area contributed by atoms with Gasteiger partial charge in [-0.3, -0.25) is 4.79 Å². The Bertz CT molecular complexity index is 488. The molecule has 0 aliphatic carbocycles. The predicted octanol–water partition coefficient (Wildman–Crippen LogP) is 2.40. The van der Waals surface area contributed by atoms with Gasteiger partial charge in [-0.15, -0.1) is 0 Å². The summed E-state index contributed by atoms with van der Waals surface area (Å²) in [7, 11) is 0. The summed E-state index contributed by atoms with van der Waals surface area (Å²) < 4.78 is 5.09. The Morgan fingerprint density at radius 2 is 1.90 bits per heavy atom. The molecule has 21 heavy (non-hydrogen) atoms. The van der Waals surface area contributed by atoms with E-state index in [1.54, 1.807) is 0 Å². The Morgan fingerprint density at radius 3 is 2.33 bits per heavy atom. The van der Waals surface area contributed by atoms with E-state index in [1.165, 1.54) is 0 Å². The maximum absolute atomic E-state index is 12.0. The van der Waals surface area contributed by atoms with Crippen LogP contribution >= 0.6 is 0 Å². The zero-order chi connectivity index (χ0) is 16.2. The molecule has 1 rings (SSSR count). The third kappa shape index (κ3) is 4.88. The number of hydrogen-bond donors (Lipinski definition) is 2. The van der Waals surface area contributed by atoms with E-state index in [2.05, 4.69) is 10.5 Å². The highest BCUT2D eigenvalue weighted by atomic mass is 16.5. The summed E-state index contributed by atoms with van der Waals surface area (Å²) in [4.78, 5) is 23.2. The fraction of sp³-hybridized carbons (Fsp3) is 0.667. The van der Waals surface area contributed by atoms with Gasteiger partial charge in [0.05, 0.1) is 5.69 Å². The van der Waals surface area contributed by atoms with Crippen LogP contribution in [0.4, 0.5) is 0 Å². The topological polar surface area (TPSA) is 92.4 Å². The van der Waals surface area contributed by atoms with Gasteiger partial charge in [0.25, 0.3) is 0 Å². The first-order valence-corrected chi connectivity index (χ1v) is 7.17. The van der Waals surface area contributed by atoms with Crippen LogP contribution in [-0.2, 0) is 9.59 Å². The van der Waals surface area contributed by atoms with Crippen molar-refractivity contribution in [1.29, 1.82) is 0 Å². The number of carbonyl (C=O) groups excluding carboxylic acids is 1. The Kier molecular flexibility index (Phi) is 5.93. The van der Waals surface area contributed by atoms with Gasteiger partial charge < -0.3 is 14.9 Å². The molecule has 0 aliphatic rings. The summed E-state index contributed by atoms with van der Waals surface area (Å²) in [6.07, 6.45) is 0.631. The number of carbonyl (C=O) groups is 2. The van der Waals surface area contributed by atoms with Gasteiger partial charge in [0.15, 0.2) is 0 Å². The molecule has 0 saturated heterocycles. The van der Waals surface area contributed by atoms with Crippen molar-refractivity contribution in [3.8, 4) is 0 Å². The van der Waals surface area contributed by atoms with E-state index in [0.717, 1.165) is 11.3 Å². The molecule has 2 atom stereocenters. The minimum Gasteiger partial charge on any atom is -0.480 e. The molecule has 2 N–H and O–H groups in total. The number of aliphatic carboxylic acids is 1. The number of aromatic nitrogens is 1. The Morgan fingerprint density at radius 1 is 1.29 bits per heavy atom. The summed E-state index contributed by atoms with van der Waals surface area (Å²) >= 11 is 0. The lowest BCUT2D eigenvalue weighted by molar-refractivity contribution is -0.142. The lowest BCUT2D eigenvalue weighted by Gasteiger charge is -2.18. The number of carboxylic acids is 1. The summed E-state index contributed by atoms with van der Waals surface area (Å²) in [5, 5.41) is 15.6. The average Bonchev–Trinajstić information content (AvgIpc) is 2.67. The quantitative estimate of drug-likeness (QED) is 0.806. The van der Waals surface area contributed by atoms with Crippen LogP contribution in [0.15, 0.2) is 4.52 Å². The van der Waals surface area contributed by atoms with Crippen LogP contribution in [0.25, 0.3) is 0 Å². The van der Waals surface area contributed by atoms with E-state index >= 15 is 0 Å². The molecule has 0 saturated carbocycles. The lowest BCUT2D eigenvalue weighted by Crippen LogP contribution is -2.42. The van der Waals surface area contributed by atoms with E-state index in [1.807, 2.05) is 34.6 Å². The van der Waals surface area contributed by atoms with Crippen molar-refractivity contribution in [2.45, 2.75) is 59.4 Å². The number of nitrogens with zero attached hydrogens (tertiary/aromatic N) is 1. The van der Waals surface area contributed by atoms with Crippen LogP contribution in [0.1, 0.15) is 56.5 Å². The average molecular weight is 296 g/mol. The molecule has 6 nitrogen and oxygen atoms in total.